The minimum Gasteiger partial charge on any atom is -0.308 e. The third-order valence-corrected chi connectivity index (χ3v) is 5.00. The lowest BCUT2D eigenvalue weighted by atomic mass is 9.82. The van der Waals surface area contributed by atoms with Crippen LogP contribution >= 0.6 is 11.6 Å². The molecular formula is C17H26ClFN2. The van der Waals surface area contributed by atoms with Crippen molar-refractivity contribution in [3.63, 3.8) is 0 Å². The van der Waals surface area contributed by atoms with E-state index in [0.29, 0.717) is 5.02 Å². The molecule has 1 aromatic carbocycles. The van der Waals surface area contributed by atoms with Gasteiger partial charge in [-0.3, -0.25) is 0 Å². The number of benzene rings is 1. The van der Waals surface area contributed by atoms with Gasteiger partial charge in [0.15, 0.2) is 0 Å². The Kier molecular flexibility index (Phi) is 5.64. The fourth-order valence-corrected chi connectivity index (χ4v) is 3.75. The number of nitrogens with zero attached hydrogens (tertiary/aromatic N) is 1. The molecule has 0 aromatic heterocycles. The van der Waals surface area contributed by atoms with Gasteiger partial charge in [-0.05, 0) is 52.0 Å². The normalized spacial score (nSPS) is 19.1. The first-order chi connectivity index (χ1) is 10.0. The van der Waals surface area contributed by atoms with Crippen LogP contribution < -0.4 is 5.32 Å². The van der Waals surface area contributed by atoms with Crippen LogP contribution in [-0.4, -0.2) is 31.1 Å². The van der Waals surface area contributed by atoms with Gasteiger partial charge in [0.05, 0.1) is 6.04 Å². The number of halogens is 2. The standard InChI is InChI=1S/C17H26ClFN2/c1-4-11-20-16(14-8-7-13(18)12-15(14)19)17(21(2)3)9-5-6-10-17/h7-8,12,16,20H,4-6,9-11H2,1-3H3. The minimum absolute atomic E-state index is 0.00668. The van der Waals surface area contributed by atoms with Crippen molar-refractivity contribution in [2.45, 2.75) is 50.6 Å². The van der Waals surface area contributed by atoms with Crippen LogP contribution in [0.15, 0.2) is 18.2 Å². The van der Waals surface area contributed by atoms with Crippen molar-refractivity contribution < 1.29 is 4.39 Å². The third-order valence-electron chi connectivity index (χ3n) is 4.77. The Morgan fingerprint density at radius 1 is 1.33 bits per heavy atom. The molecule has 2 rings (SSSR count). The highest BCUT2D eigenvalue weighted by atomic mass is 35.5. The van der Waals surface area contributed by atoms with Gasteiger partial charge in [-0.1, -0.05) is 37.4 Å². The van der Waals surface area contributed by atoms with Gasteiger partial charge in [-0.25, -0.2) is 4.39 Å². The van der Waals surface area contributed by atoms with Crippen LogP contribution in [0, 0.1) is 5.82 Å². The lowest BCUT2D eigenvalue weighted by molar-refractivity contribution is 0.103. The highest BCUT2D eigenvalue weighted by Gasteiger charge is 2.44. The highest BCUT2D eigenvalue weighted by Crippen LogP contribution is 2.44. The lowest BCUT2D eigenvalue weighted by Gasteiger charge is -2.44. The molecule has 1 N–H and O–H groups in total. The Morgan fingerprint density at radius 2 is 2.00 bits per heavy atom. The van der Waals surface area contributed by atoms with Crippen molar-refractivity contribution >= 4 is 11.6 Å². The number of nitrogens with one attached hydrogen (secondary N) is 1. The molecule has 21 heavy (non-hydrogen) atoms. The van der Waals surface area contributed by atoms with Crippen molar-refractivity contribution in [1.29, 1.82) is 0 Å². The SMILES string of the molecule is CCCNC(c1ccc(Cl)cc1F)C1(N(C)C)CCCC1. The van der Waals surface area contributed by atoms with E-state index in [1.807, 2.05) is 6.07 Å². The van der Waals surface area contributed by atoms with Crippen LogP contribution in [-0.2, 0) is 0 Å². The van der Waals surface area contributed by atoms with Gasteiger partial charge in [-0.15, -0.1) is 0 Å². The summed E-state index contributed by atoms with van der Waals surface area (Å²) < 4.78 is 14.5. The Hall–Kier alpha value is -0.640. The van der Waals surface area contributed by atoms with Gasteiger partial charge in [0.2, 0.25) is 0 Å². The van der Waals surface area contributed by atoms with Crippen molar-refractivity contribution in [1.82, 2.24) is 10.2 Å². The van der Waals surface area contributed by atoms with Crippen molar-refractivity contribution in [2.24, 2.45) is 0 Å². The molecule has 1 aliphatic carbocycles. The molecule has 0 spiro atoms. The first-order valence-corrected chi connectivity index (χ1v) is 8.25. The molecule has 1 aromatic rings. The number of rotatable bonds is 6. The van der Waals surface area contributed by atoms with Gasteiger partial charge in [0.25, 0.3) is 0 Å². The van der Waals surface area contributed by atoms with Crippen LogP contribution in [0.25, 0.3) is 0 Å². The number of hydrogen-bond donors (Lipinski definition) is 1. The molecule has 1 unspecified atom stereocenters. The van der Waals surface area contributed by atoms with Gasteiger partial charge in [0.1, 0.15) is 5.82 Å². The molecule has 0 amide bonds. The Balaban J connectivity index is 2.41. The summed E-state index contributed by atoms with van der Waals surface area (Å²) in [7, 11) is 4.22. The summed E-state index contributed by atoms with van der Waals surface area (Å²) in [4.78, 5) is 2.28. The summed E-state index contributed by atoms with van der Waals surface area (Å²) in [6.07, 6.45) is 5.65. The molecule has 0 bridgehead atoms. The summed E-state index contributed by atoms with van der Waals surface area (Å²) in [5.41, 5.74) is 0.729. The van der Waals surface area contributed by atoms with E-state index in [9.17, 15) is 4.39 Å². The van der Waals surface area contributed by atoms with E-state index >= 15 is 0 Å². The summed E-state index contributed by atoms with van der Waals surface area (Å²) >= 11 is 5.91. The van der Waals surface area contributed by atoms with E-state index < -0.39 is 0 Å². The molecule has 0 saturated heterocycles. The molecule has 1 aliphatic rings. The Morgan fingerprint density at radius 3 is 2.52 bits per heavy atom. The molecule has 0 radical (unpaired) electrons. The van der Waals surface area contributed by atoms with E-state index in [-0.39, 0.29) is 17.4 Å². The maximum absolute atomic E-state index is 14.5. The van der Waals surface area contributed by atoms with Crippen LogP contribution in [0.5, 0.6) is 0 Å². The zero-order valence-corrected chi connectivity index (χ0v) is 14.0. The van der Waals surface area contributed by atoms with Crippen molar-refractivity contribution in [3.8, 4) is 0 Å². The van der Waals surface area contributed by atoms with Crippen molar-refractivity contribution in [2.75, 3.05) is 20.6 Å². The second kappa shape index (κ2) is 7.08. The maximum atomic E-state index is 14.5. The molecule has 0 aliphatic heterocycles. The van der Waals surface area contributed by atoms with Crippen LogP contribution in [0.2, 0.25) is 5.02 Å². The summed E-state index contributed by atoms with van der Waals surface area (Å²) in [5, 5.41) is 4.04. The minimum atomic E-state index is -0.204. The van der Waals surface area contributed by atoms with E-state index in [4.69, 9.17) is 11.6 Å². The molecule has 1 saturated carbocycles. The second-order valence-corrected chi connectivity index (χ2v) is 6.69. The zero-order chi connectivity index (χ0) is 15.5. The zero-order valence-electron chi connectivity index (χ0n) is 13.3. The first kappa shape index (κ1) is 16.7. The number of hydrogen-bond acceptors (Lipinski definition) is 2. The Bertz CT molecular complexity index is 470. The van der Waals surface area contributed by atoms with E-state index in [2.05, 4.69) is 31.2 Å². The van der Waals surface area contributed by atoms with Crippen LogP contribution in [0.4, 0.5) is 4.39 Å². The molecule has 0 heterocycles. The summed E-state index contributed by atoms with van der Waals surface area (Å²) in [6, 6.07) is 5.07. The average Bonchev–Trinajstić information content (AvgIpc) is 2.92. The predicted octanol–water partition coefficient (Wildman–Crippen LogP) is 4.39. The largest absolute Gasteiger partial charge is 0.308 e. The molecular weight excluding hydrogens is 287 g/mol. The smallest absolute Gasteiger partial charge is 0.129 e. The topological polar surface area (TPSA) is 15.3 Å². The van der Waals surface area contributed by atoms with Crippen LogP contribution in [0.1, 0.15) is 50.6 Å². The summed E-state index contributed by atoms with van der Waals surface area (Å²) in [5.74, 6) is -0.204. The molecule has 1 atom stereocenters. The van der Waals surface area contributed by atoms with Gasteiger partial charge < -0.3 is 10.2 Å². The summed E-state index contributed by atoms with van der Waals surface area (Å²) in [6.45, 7) is 3.03. The fraction of sp³-hybridized carbons (Fsp3) is 0.647. The van der Waals surface area contributed by atoms with Crippen LogP contribution in [0.3, 0.4) is 0 Å². The maximum Gasteiger partial charge on any atom is 0.129 e. The van der Waals surface area contributed by atoms with E-state index in [1.165, 1.54) is 18.9 Å². The van der Waals surface area contributed by atoms with Gasteiger partial charge in [0, 0.05) is 16.1 Å². The van der Waals surface area contributed by atoms with Gasteiger partial charge >= 0.3 is 0 Å². The third kappa shape index (κ3) is 3.41. The Labute approximate surface area is 132 Å². The van der Waals surface area contributed by atoms with E-state index in [0.717, 1.165) is 31.4 Å². The monoisotopic (exact) mass is 312 g/mol. The average molecular weight is 313 g/mol. The van der Waals surface area contributed by atoms with Gasteiger partial charge in [-0.2, -0.15) is 0 Å². The highest BCUT2D eigenvalue weighted by molar-refractivity contribution is 6.30. The second-order valence-electron chi connectivity index (χ2n) is 6.26. The van der Waals surface area contributed by atoms with E-state index in [1.54, 1.807) is 6.07 Å². The molecule has 1 fully saturated rings. The molecule has 4 heteroatoms. The fourth-order valence-electron chi connectivity index (χ4n) is 3.60. The predicted molar refractivity (Wildman–Crippen MR) is 87.3 cm³/mol. The van der Waals surface area contributed by atoms with Crippen molar-refractivity contribution in [3.05, 3.63) is 34.6 Å². The molecule has 2 nitrogen and oxygen atoms in total. The quantitative estimate of drug-likeness (QED) is 0.838. The molecule has 118 valence electrons. The number of likely N-dealkylation sites (N-methyl/N-ethyl adjacent to an activating group) is 1. The lowest BCUT2D eigenvalue weighted by Crippen LogP contribution is -2.52. The first-order valence-electron chi connectivity index (χ1n) is 7.87.